The van der Waals surface area contributed by atoms with E-state index in [1.165, 1.54) is 12.1 Å². The number of benzene rings is 2. The van der Waals surface area contributed by atoms with Gasteiger partial charge in [-0.1, -0.05) is 24.3 Å². The molecule has 0 atom stereocenters. The number of aryl methyl sites for hydroxylation is 1. The number of hydrogen-bond acceptors (Lipinski definition) is 2. The molecule has 4 nitrogen and oxygen atoms in total. The van der Waals surface area contributed by atoms with Gasteiger partial charge in [0.15, 0.2) is 0 Å². The molecular weight excluding hydrogens is 329 g/mol. The van der Waals surface area contributed by atoms with Gasteiger partial charge in [0.2, 0.25) is 5.91 Å². The average molecular weight is 349 g/mol. The summed E-state index contributed by atoms with van der Waals surface area (Å²) in [6.45, 7) is 3.44. The Labute approximate surface area is 151 Å². The predicted molar refractivity (Wildman–Crippen MR) is 97.4 cm³/mol. The monoisotopic (exact) mass is 349 g/mol. The second-order valence-corrected chi connectivity index (χ2v) is 7.47. The summed E-state index contributed by atoms with van der Waals surface area (Å²) in [4.78, 5) is 19.6. The molecule has 0 radical (unpaired) electrons. The summed E-state index contributed by atoms with van der Waals surface area (Å²) in [6.07, 6.45) is 1.71. The number of carbonyl (C=O) groups is 1. The first-order valence-corrected chi connectivity index (χ1v) is 9.07. The van der Waals surface area contributed by atoms with Crippen molar-refractivity contribution < 1.29 is 9.18 Å². The number of hydrogen-bond donors (Lipinski definition) is 0. The first kappa shape index (κ1) is 15.6. The van der Waals surface area contributed by atoms with Gasteiger partial charge in [-0.25, -0.2) is 9.37 Å². The summed E-state index contributed by atoms with van der Waals surface area (Å²) in [6, 6.07) is 14.8. The fraction of sp³-hybridized carbons (Fsp3) is 0.333. The number of para-hydroxylation sites is 2. The maximum Gasteiger partial charge on any atom is 0.233 e. The van der Waals surface area contributed by atoms with E-state index < -0.39 is 5.41 Å². The molecule has 132 valence electrons. The third-order valence-electron chi connectivity index (χ3n) is 5.84. The van der Waals surface area contributed by atoms with Crippen molar-refractivity contribution in [1.29, 1.82) is 0 Å². The maximum atomic E-state index is 13.2. The Morgan fingerprint density at radius 2 is 1.81 bits per heavy atom. The van der Waals surface area contributed by atoms with Gasteiger partial charge in [-0.05, 0) is 49.6 Å². The largest absolute Gasteiger partial charge is 0.338 e. The van der Waals surface area contributed by atoms with E-state index in [9.17, 15) is 9.18 Å². The molecule has 5 heteroatoms. The summed E-state index contributed by atoms with van der Waals surface area (Å²) in [5.41, 5.74) is 2.64. The molecule has 1 aliphatic carbocycles. The van der Waals surface area contributed by atoms with Crippen LogP contribution in [0.25, 0.3) is 11.0 Å². The van der Waals surface area contributed by atoms with Gasteiger partial charge in [-0.15, -0.1) is 0 Å². The van der Waals surface area contributed by atoms with Crippen molar-refractivity contribution in [3.63, 3.8) is 0 Å². The lowest BCUT2D eigenvalue weighted by molar-refractivity contribution is -0.139. The Bertz CT molecular complexity index is 998. The highest BCUT2D eigenvalue weighted by atomic mass is 19.1. The molecule has 26 heavy (non-hydrogen) atoms. The summed E-state index contributed by atoms with van der Waals surface area (Å²) in [7, 11) is 0. The van der Waals surface area contributed by atoms with Gasteiger partial charge in [0.1, 0.15) is 11.6 Å². The van der Waals surface area contributed by atoms with E-state index in [1.807, 2.05) is 30.0 Å². The number of amides is 1. The van der Waals surface area contributed by atoms with E-state index in [1.54, 1.807) is 12.1 Å². The topological polar surface area (TPSA) is 38.1 Å². The van der Waals surface area contributed by atoms with Crippen LogP contribution in [0.2, 0.25) is 0 Å². The van der Waals surface area contributed by atoms with Crippen LogP contribution in [-0.4, -0.2) is 33.4 Å². The van der Waals surface area contributed by atoms with Crippen LogP contribution in [0.5, 0.6) is 0 Å². The molecule has 1 saturated carbocycles. The van der Waals surface area contributed by atoms with Crippen molar-refractivity contribution >= 4 is 16.9 Å². The van der Waals surface area contributed by atoms with Crippen LogP contribution in [0, 0.1) is 12.7 Å². The van der Waals surface area contributed by atoms with Crippen LogP contribution in [0.4, 0.5) is 4.39 Å². The number of nitrogens with zero attached hydrogens (tertiary/aromatic N) is 3. The van der Waals surface area contributed by atoms with E-state index in [0.717, 1.165) is 35.3 Å². The Morgan fingerprint density at radius 3 is 2.50 bits per heavy atom. The summed E-state index contributed by atoms with van der Waals surface area (Å²) >= 11 is 0. The molecule has 2 aliphatic rings. The molecule has 1 saturated heterocycles. The third-order valence-corrected chi connectivity index (χ3v) is 5.84. The van der Waals surface area contributed by atoms with Crippen molar-refractivity contribution in [2.75, 3.05) is 13.1 Å². The highest BCUT2D eigenvalue weighted by Crippen LogP contribution is 2.50. The van der Waals surface area contributed by atoms with Gasteiger partial charge < -0.3 is 9.47 Å². The number of halogens is 1. The van der Waals surface area contributed by atoms with Gasteiger partial charge in [0, 0.05) is 13.1 Å². The van der Waals surface area contributed by atoms with Gasteiger partial charge >= 0.3 is 0 Å². The minimum Gasteiger partial charge on any atom is -0.338 e. The van der Waals surface area contributed by atoms with E-state index >= 15 is 0 Å². The van der Waals surface area contributed by atoms with Crippen LogP contribution in [0.3, 0.4) is 0 Å². The number of carbonyl (C=O) groups excluding carboxylic acids is 1. The second-order valence-electron chi connectivity index (χ2n) is 7.47. The molecule has 2 aromatic carbocycles. The fourth-order valence-corrected chi connectivity index (χ4v) is 4.23. The lowest BCUT2D eigenvalue weighted by Crippen LogP contribution is -2.54. The van der Waals surface area contributed by atoms with Gasteiger partial charge in [0.25, 0.3) is 0 Å². The molecule has 2 heterocycles. The predicted octanol–water partition coefficient (Wildman–Crippen LogP) is 3.60. The molecule has 1 aromatic heterocycles. The number of likely N-dealkylation sites (tertiary alicyclic amines) is 1. The van der Waals surface area contributed by atoms with Crippen LogP contribution in [-0.2, 0) is 10.2 Å². The van der Waals surface area contributed by atoms with E-state index in [2.05, 4.69) is 15.6 Å². The van der Waals surface area contributed by atoms with Crippen molar-refractivity contribution in [1.82, 2.24) is 14.5 Å². The Hall–Kier alpha value is -2.69. The smallest absolute Gasteiger partial charge is 0.233 e. The quantitative estimate of drug-likeness (QED) is 0.725. The summed E-state index contributed by atoms with van der Waals surface area (Å²) in [5, 5.41) is 0. The normalized spacial score (nSPS) is 18.8. The first-order chi connectivity index (χ1) is 12.6. The SMILES string of the molecule is Cc1nc2ccccc2n1C1CN(C(=O)C2(c3ccc(F)cc3)CC2)C1. The van der Waals surface area contributed by atoms with Crippen molar-refractivity contribution in [2.24, 2.45) is 0 Å². The molecule has 2 fully saturated rings. The number of aromatic nitrogens is 2. The highest BCUT2D eigenvalue weighted by Gasteiger charge is 2.54. The van der Waals surface area contributed by atoms with Crippen LogP contribution in [0.1, 0.15) is 30.3 Å². The van der Waals surface area contributed by atoms with Crippen molar-refractivity contribution in [2.45, 2.75) is 31.2 Å². The van der Waals surface area contributed by atoms with E-state index in [0.29, 0.717) is 13.1 Å². The zero-order chi connectivity index (χ0) is 17.9. The number of imidazole rings is 1. The molecule has 1 aliphatic heterocycles. The molecule has 0 unspecified atom stereocenters. The lowest BCUT2D eigenvalue weighted by Gasteiger charge is -2.42. The van der Waals surface area contributed by atoms with Gasteiger partial charge in [-0.3, -0.25) is 4.79 Å². The zero-order valence-corrected chi connectivity index (χ0v) is 14.7. The van der Waals surface area contributed by atoms with E-state index in [4.69, 9.17) is 0 Å². The van der Waals surface area contributed by atoms with E-state index in [-0.39, 0.29) is 17.8 Å². The van der Waals surface area contributed by atoms with Gasteiger partial charge in [0.05, 0.1) is 22.5 Å². The minimum atomic E-state index is -0.426. The molecular formula is C21H20FN3O. The lowest BCUT2D eigenvalue weighted by atomic mass is 9.92. The third kappa shape index (κ3) is 2.19. The van der Waals surface area contributed by atoms with Crippen LogP contribution >= 0.6 is 0 Å². The molecule has 0 bridgehead atoms. The first-order valence-electron chi connectivity index (χ1n) is 9.07. The molecule has 1 amide bonds. The summed E-state index contributed by atoms with van der Waals surface area (Å²) in [5.74, 6) is 0.911. The molecule has 0 spiro atoms. The molecule has 5 rings (SSSR count). The Balaban J connectivity index is 1.36. The van der Waals surface area contributed by atoms with Crippen LogP contribution in [0.15, 0.2) is 48.5 Å². The average Bonchev–Trinajstić information content (AvgIpc) is 3.34. The van der Waals surface area contributed by atoms with Crippen molar-refractivity contribution in [3.8, 4) is 0 Å². The Kier molecular flexibility index (Phi) is 3.23. The fourth-order valence-electron chi connectivity index (χ4n) is 4.23. The Morgan fingerprint density at radius 1 is 1.12 bits per heavy atom. The highest BCUT2D eigenvalue weighted by molar-refractivity contribution is 5.92. The maximum absolute atomic E-state index is 13.2. The summed E-state index contributed by atoms with van der Waals surface area (Å²) < 4.78 is 15.4. The standard InChI is InChI=1S/C21H20FN3O/c1-14-23-18-4-2-3-5-19(18)25(14)17-12-24(13-17)20(26)21(10-11-21)15-6-8-16(22)9-7-15/h2-9,17H,10-13H2,1H3. The van der Waals surface area contributed by atoms with Gasteiger partial charge in [-0.2, -0.15) is 0 Å². The minimum absolute atomic E-state index is 0.183. The molecule has 3 aromatic rings. The zero-order valence-electron chi connectivity index (χ0n) is 14.7. The number of rotatable bonds is 3. The molecule has 0 N–H and O–H groups in total. The van der Waals surface area contributed by atoms with Crippen molar-refractivity contribution in [3.05, 3.63) is 65.7 Å². The number of fused-ring (bicyclic) bond motifs is 1. The van der Waals surface area contributed by atoms with Crippen LogP contribution < -0.4 is 0 Å². The second kappa shape index (κ2) is 5.40.